The predicted octanol–water partition coefficient (Wildman–Crippen LogP) is 3.72. The summed E-state index contributed by atoms with van der Waals surface area (Å²) < 4.78 is 4.93. The summed E-state index contributed by atoms with van der Waals surface area (Å²) in [6.07, 6.45) is 6.25. The minimum Gasteiger partial charge on any atom is -0.466 e. The summed E-state index contributed by atoms with van der Waals surface area (Å²) in [6.45, 7) is 3.90. The number of hydrogen-bond acceptors (Lipinski definition) is 3. The number of hydrogen-bond donors (Lipinski definition) is 0. The van der Waals surface area contributed by atoms with Gasteiger partial charge in [-0.3, -0.25) is 9.59 Å². The fourth-order valence-electron chi connectivity index (χ4n) is 2.15. The molecule has 0 aliphatic heterocycles. The molecular formula is C18H24O3. The SMILES string of the molecule is CCOC(=O)[C@H](C)/C=C(\C=O)CCCCc1ccccc1. The first-order chi connectivity index (χ1) is 10.2. The van der Waals surface area contributed by atoms with Gasteiger partial charge in [0.2, 0.25) is 0 Å². The summed E-state index contributed by atoms with van der Waals surface area (Å²) in [5.41, 5.74) is 2.00. The average molecular weight is 288 g/mol. The van der Waals surface area contributed by atoms with Gasteiger partial charge in [-0.25, -0.2) is 0 Å². The van der Waals surface area contributed by atoms with Gasteiger partial charge in [-0.15, -0.1) is 0 Å². The fourth-order valence-corrected chi connectivity index (χ4v) is 2.15. The first-order valence-electron chi connectivity index (χ1n) is 7.53. The maximum Gasteiger partial charge on any atom is 0.312 e. The molecule has 0 aliphatic rings. The van der Waals surface area contributed by atoms with Crippen LogP contribution in [0, 0.1) is 5.92 Å². The summed E-state index contributed by atoms with van der Waals surface area (Å²) in [5, 5.41) is 0. The Morgan fingerprint density at radius 3 is 2.57 bits per heavy atom. The first kappa shape index (κ1) is 17.2. The normalized spacial score (nSPS) is 12.8. The van der Waals surface area contributed by atoms with Gasteiger partial charge in [0.25, 0.3) is 0 Å². The second-order valence-corrected chi connectivity index (χ2v) is 5.09. The molecular weight excluding hydrogens is 264 g/mol. The average Bonchev–Trinajstić information content (AvgIpc) is 2.51. The zero-order chi connectivity index (χ0) is 15.5. The molecule has 1 rings (SSSR count). The van der Waals surface area contributed by atoms with E-state index in [0.717, 1.165) is 25.5 Å². The van der Waals surface area contributed by atoms with Crippen molar-refractivity contribution < 1.29 is 14.3 Å². The second-order valence-electron chi connectivity index (χ2n) is 5.09. The fraction of sp³-hybridized carbons (Fsp3) is 0.444. The van der Waals surface area contributed by atoms with Crippen molar-refractivity contribution in [3.8, 4) is 0 Å². The molecule has 0 heterocycles. The summed E-state index contributed by atoms with van der Waals surface area (Å²) in [5.74, 6) is -0.639. The lowest BCUT2D eigenvalue weighted by atomic mass is 10.0. The molecule has 0 bridgehead atoms. The van der Waals surface area contributed by atoms with Crippen LogP contribution in [0.25, 0.3) is 0 Å². The predicted molar refractivity (Wildman–Crippen MR) is 83.9 cm³/mol. The van der Waals surface area contributed by atoms with Gasteiger partial charge in [0.05, 0.1) is 12.5 Å². The first-order valence-corrected chi connectivity index (χ1v) is 7.53. The van der Waals surface area contributed by atoms with Crippen LogP contribution in [0.15, 0.2) is 42.0 Å². The molecule has 0 N–H and O–H groups in total. The highest BCUT2D eigenvalue weighted by molar-refractivity contribution is 5.78. The molecule has 0 radical (unpaired) electrons. The number of ether oxygens (including phenoxy) is 1. The van der Waals surface area contributed by atoms with Crippen molar-refractivity contribution in [2.24, 2.45) is 5.92 Å². The lowest BCUT2D eigenvalue weighted by molar-refractivity contribution is -0.145. The number of allylic oxidation sites excluding steroid dienone is 1. The van der Waals surface area contributed by atoms with Gasteiger partial charge in [0, 0.05) is 0 Å². The van der Waals surface area contributed by atoms with Gasteiger partial charge in [-0.1, -0.05) is 36.4 Å². The van der Waals surface area contributed by atoms with E-state index in [1.807, 2.05) is 18.2 Å². The van der Waals surface area contributed by atoms with Crippen LogP contribution in [0.3, 0.4) is 0 Å². The Balaban J connectivity index is 2.36. The highest BCUT2D eigenvalue weighted by Gasteiger charge is 2.11. The monoisotopic (exact) mass is 288 g/mol. The molecule has 1 atom stereocenters. The lowest BCUT2D eigenvalue weighted by Crippen LogP contribution is -2.13. The van der Waals surface area contributed by atoms with Crippen molar-refractivity contribution in [1.82, 2.24) is 0 Å². The third-order valence-electron chi connectivity index (χ3n) is 3.30. The maximum absolute atomic E-state index is 11.5. The van der Waals surface area contributed by atoms with Crippen LogP contribution in [0.5, 0.6) is 0 Å². The van der Waals surface area contributed by atoms with Gasteiger partial charge in [-0.05, 0) is 50.7 Å². The largest absolute Gasteiger partial charge is 0.466 e. The molecule has 0 unspecified atom stereocenters. The Morgan fingerprint density at radius 2 is 1.95 bits per heavy atom. The van der Waals surface area contributed by atoms with Crippen molar-refractivity contribution in [2.45, 2.75) is 39.5 Å². The molecule has 114 valence electrons. The molecule has 3 nitrogen and oxygen atoms in total. The molecule has 0 saturated heterocycles. The second kappa shape index (κ2) is 9.92. The Kier molecular flexibility index (Phi) is 8.10. The lowest BCUT2D eigenvalue weighted by Gasteiger charge is -2.07. The van der Waals surface area contributed by atoms with Crippen LogP contribution in [0.2, 0.25) is 0 Å². The zero-order valence-corrected chi connectivity index (χ0v) is 12.9. The Hall–Kier alpha value is -1.90. The van der Waals surface area contributed by atoms with Gasteiger partial charge >= 0.3 is 5.97 Å². The molecule has 0 aromatic heterocycles. The van der Waals surface area contributed by atoms with Crippen LogP contribution in [0.4, 0.5) is 0 Å². The Bertz CT molecular complexity index is 463. The number of carbonyl (C=O) groups is 2. The van der Waals surface area contributed by atoms with Gasteiger partial charge in [0.1, 0.15) is 6.29 Å². The highest BCUT2D eigenvalue weighted by atomic mass is 16.5. The molecule has 21 heavy (non-hydrogen) atoms. The molecule has 0 amide bonds. The number of esters is 1. The van der Waals surface area contributed by atoms with Gasteiger partial charge < -0.3 is 4.74 Å². The van der Waals surface area contributed by atoms with E-state index in [9.17, 15) is 9.59 Å². The molecule has 1 aromatic carbocycles. The summed E-state index contributed by atoms with van der Waals surface area (Å²) in [4.78, 5) is 22.6. The number of rotatable bonds is 9. The van der Waals surface area contributed by atoms with E-state index >= 15 is 0 Å². The van der Waals surface area contributed by atoms with E-state index in [0.29, 0.717) is 18.6 Å². The molecule has 0 spiro atoms. The van der Waals surface area contributed by atoms with Crippen molar-refractivity contribution in [3.05, 3.63) is 47.5 Å². The standard InChI is InChI=1S/C18H24O3/c1-3-21-18(20)15(2)13-17(14-19)12-8-7-11-16-9-5-4-6-10-16/h4-6,9-10,13-15H,3,7-8,11-12H2,1-2H3/b17-13-/t15-/m1/s1. The zero-order valence-electron chi connectivity index (χ0n) is 12.9. The highest BCUT2D eigenvalue weighted by Crippen LogP contribution is 2.12. The number of benzene rings is 1. The third kappa shape index (κ3) is 6.89. The maximum atomic E-state index is 11.5. The summed E-state index contributed by atoms with van der Waals surface area (Å²) >= 11 is 0. The van der Waals surface area contributed by atoms with Crippen molar-refractivity contribution in [3.63, 3.8) is 0 Å². The van der Waals surface area contributed by atoms with Crippen LogP contribution in [0.1, 0.15) is 38.7 Å². The minimum atomic E-state index is -0.362. The topological polar surface area (TPSA) is 43.4 Å². The molecule has 0 fully saturated rings. The molecule has 0 aliphatic carbocycles. The van der Waals surface area contributed by atoms with Crippen molar-refractivity contribution in [1.29, 1.82) is 0 Å². The number of aldehydes is 1. The molecule has 3 heteroatoms. The minimum absolute atomic E-state index is 0.277. The number of aryl methyl sites for hydroxylation is 1. The van der Waals surface area contributed by atoms with Crippen LogP contribution >= 0.6 is 0 Å². The van der Waals surface area contributed by atoms with Gasteiger partial charge in [-0.2, -0.15) is 0 Å². The molecule has 0 saturated carbocycles. The van der Waals surface area contributed by atoms with Gasteiger partial charge in [0.15, 0.2) is 0 Å². The quantitative estimate of drug-likeness (QED) is 0.301. The van der Waals surface area contributed by atoms with E-state index < -0.39 is 0 Å². The van der Waals surface area contributed by atoms with Crippen molar-refractivity contribution >= 4 is 12.3 Å². The third-order valence-corrected chi connectivity index (χ3v) is 3.30. The Labute approximate surface area is 127 Å². The van der Waals surface area contributed by atoms with E-state index in [2.05, 4.69) is 12.1 Å². The summed E-state index contributed by atoms with van der Waals surface area (Å²) in [7, 11) is 0. The van der Waals surface area contributed by atoms with Crippen LogP contribution < -0.4 is 0 Å². The Morgan fingerprint density at radius 1 is 1.24 bits per heavy atom. The van der Waals surface area contributed by atoms with E-state index in [-0.39, 0.29) is 11.9 Å². The van der Waals surface area contributed by atoms with Crippen LogP contribution in [-0.2, 0) is 20.7 Å². The number of unbranched alkanes of at least 4 members (excludes halogenated alkanes) is 1. The smallest absolute Gasteiger partial charge is 0.312 e. The van der Waals surface area contributed by atoms with Crippen molar-refractivity contribution in [2.75, 3.05) is 6.61 Å². The van der Waals surface area contributed by atoms with E-state index in [1.54, 1.807) is 19.9 Å². The van der Waals surface area contributed by atoms with E-state index in [4.69, 9.17) is 4.74 Å². The van der Waals surface area contributed by atoms with Crippen LogP contribution in [-0.4, -0.2) is 18.9 Å². The number of carbonyl (C=O) groups excluding carboxylic acids is 2. The molecule has 1 aromatic rings. The summed E-state index contributed by atoms with van der Waals surface area (Å²) in [6, 6.07) is 10.3. The van der Waals surface area contributed by atoms with E-state index in [1.165, 1.54) is 5.56 Å².